The largest absolute Gasteiger partial charge is 0.489 e. The van der Waals surface area contributed by atoms with Gasteiger partial charge in [0.25, 0.3) is 5.91 Å². The molecule has 1 N–H and O–H groups in total. The van der Waals surface area contributed by atoms with Crippen LogP contribution in [0.5, 0.6) is 5.75 Å². The summed E-state index contributed by atoms with van der Waals surface area (Å²) in [5, 5.41) is 5.66. The molecule has 3 nitrogen and oxygen atoms in total. The average molecular weight is 392 g/mol. The van der Waals surface area contributed by atoms with E-state index in [4.69, 9.17) is 27.9 Å². The van der Waals surface area contributed by atoms with Crippen molar-refractivity contribution in [2.24, 2.45) is 0 Å². The summed E-state index contributed by atoms with van der Waals surface area (Å²) >= 11 is 13.3. The Morgan fingerprint density at radius 1 is 1.12 bits per heavy atom. The Labute approximate surface area is 160 Å². The third-order valence-corrected chi connectivity index (χ3v) is 4.81. The molecule has 0 saturated heterocycles. The number of nitrogens with one attached hydrogen (secondary N) is 1. The highest BCUT2D eigenvalue weighted by atomic mass is 35.5. The third-order valence-electron chi connectivity index (χ3n) is 3.39. The van der Waals surface area contributed by atoms with E-state index in [-0.39, 0.29) is 5.91 Å². The molecule has 3 rings (SSSR count). The Morgan fingerprint density at radius 3 is 2.60 bits per heavy atom. The van der Waals surface area contributed by atoms with Crippen molar-refractivity contribution in [3.63, 3.8) is 0 Å². The van der Waals surface area contributed by atoms with Gasteiger partial charge in [-0.15, -0.1) is 11.3 Å². The molecule has 1 amide bonds. The molecule has 2 aromatic carbocycles. The van der Waals surface area contributed by atoms with Crippen LogP contribution >= 0.6 is 34.5 Å². The van der Waals surface area contributed by atoms with Gasteiger partial charge in [-0.2, -0.15) is 0 Å². The summed E-state index contributed by atoms with van der Waals surface area (Å²) in [5.74, 6) is 0.607. The molecule has 0 unspecified atom stereocenters. The lowest BCUT2D eigenvalue weighted by Gasteiger charge is -2.05. The van der Waals surface area contributed by atoms with Crippen LogP contribution in [-0.2, 0) is 6.61 Å². The van der Waals surface area contributed by atoms with Gasteiger partial charge in [-0.25, -0.2) is 0 Å². The summed E-state index contributed by atoms with van der Waals surface area (Å²) in [6.45, 7) is 2.43. The molecule has 0 aliphatic carbocycles. The number of rotatable bonds is 5. The van der Waals surface area contributed by atoms with Crippen molar-refractivity contribution in [3.05, 3.63) is 80.0 Å². The molecule has 0 radical (unpaired) electrons. The monoisotopic (exact) mass is 391 g/mol. The molecule has 6 heteroatoms. The highest BCUT2D eigenvalue weighted by molar-refractivity contribution is 7.12. The Bertz CT molecular complexity index is 888. The minimum Gasteiger partial charge on any atom is -0.489 e. The maximum Gasteiger partial charge on any atom is 0.265 e. The number of halogens is 2. The van der Waals surface area contributed by atoms with Crippen LogP contribution in [0, 0.1) is 6.92 Å². The molecule has 1 heterocycles. The Hall–Kier alpha value is -2.01. The maximum atomic E-state index is 12.3. The molecule has 0 aliphatic heterocycles. The van der Waals surface area contributed by atoms with Crippen LogP contribution < -0.4 is 10.1 Å². The van der Waals surface area contributed by atoms with Gasteiger partial charge in [0.05, 0.1) is 4.88 Å². The minimum atomic E-state index is -0.204. The van der Waals surface area contributed by atoms with Crippen LogP contribution in [-0.4, -0.2) is 5.91 Å². The van der Waals surface area contributed by atoms with E-state index in [9.17, 15) is 4.79 Å². The van der Waals surface area contributed by atoms with Crippen molar-refractivity contribution in [2.75, 3.05) is 5.32 Å². The second-order valence-electron chi connectivity index (χ2n) is 5.54. The van der Waals surface area contributed by atoms with Crippen LogP contribution in [0.3, 0.4) is 0 Å². The first-order valence-electron chi connectivity index (χ1n) is 7.54. The molecule has 0 aliphatic rings. The van der Waals surface area contributed by atoms with E-state index in [1.54, 1.807) is 18.2 Å². The van der Waals surface area contributed by atoms with Crippen molar-refractivity contribution in [3.8, 4) is 5.75 Å². The summed E-state index contributed by atoms with van der Waals surface area (Å²) in [6, 6.07) is 14.6. The fraction of sp³-hybridized carbons (Fsp3) is 0.105. The predicted molar refractivity (Wildman–Crippen MR) is 104 cm³/mol. The average Bonchev–Trinajstić information content (AvgIpc) is 3.01. The zero-order chi connectivity index (χ0) is 17.8. The van der Waals surface area contributed by atoms with Crippen LogP contribution in [0.15, 0.2) is 53.9 Å². The van der Waals surface area contributed by atoms with Crippen LogP contribution in [0.25, 0.3) is 0 Å². The SMILES string of the molecule is Cc1cccc(OCc2csc(C(=O)Nc3cc(Cl)cc(Cl)c3)c2)c1. The lowest BCUT2D eigenvalue weighted by atomic mass is 10.2. The molecular formula is C19H15Cl2NO2S. The summed E-state index contributed by atoms with van der Waals surface area (Å²) in [6.07, 6.45) is 0. The number of carbonyl (C=O) groups excluding carboxylic acids is 1. The number of ether oxygens (including phenoxy) is 1. The number of hydrogen-bond donors (Lipinski definition) is 1. The van der Waals surface area contributed by atoms with Gasteiger partial charge in [0, 0.05) is 21.3 Å². The fourth-order valence-electron chi connectivity index (χ4n) is 2.26. The number of thiophene rings is 1. The van der Waals surface area contributed by atoms with E-state index < -0.39 is 0 Å². The van der Waals surface area contributed by atoms with Gasteiger partial charge in [-0.3, -0.25) is 4.79 Å². The Morgan fingerprint density at radius 2 is 1.88 bits per heavy atom. The molecule has 128 valence electrons. The summed E-state index contributed by atoms with van der Waals surface area (Å²) in [7, 11) is 0. The first-order valence-corrected chi connectivity index (χ1v) is 9.17. The maximum absolute atomic E-state index is 12.3. The summed E-state index contributed by atoms with van der Waals surface area (Å²) < 4.78 is 5.76. The van der Waals surface area contributed by atoms with Crippen molar-refractivity contribution < 1.29 is 9.53 Å². The fourth-order valence-corrected chi connectivity index (χ4v) is 3.58. The number of hydrogen-bond acceptors (Lipinski definition) is 3. The number of aryl methyl sites for hydroxylation is 1. The minimum absolute atomic E-state index is 0.204. The van der Waals surface area contributed by atoms with Crippen LogP contribution in [0.4, 0.5) is 5.69 Å². The van der Waals surface area contributed by atoms with Crippen molar-refractivity contribution in [1.82, 2.24) is 0 Å². The summed E-state index contributed by atoms with van der Waals surface area (Å²) in [4.78, 5) is 12.9. The normalized spacial score (nSPS) is 10.5. The molecule has 0 atom stereocenters. The molecule has 0 saturated carbocycles. The quantitative estimate of drug-likeness (QED) is 0.562. The number of anilines is 1. The van der Waals surface area contributed by atoms with Gasteiger partial charge in [-0.05, 0) is 54.3 Å². The Kier molecular flexibility index (Phi) is 5.63. The summed E-state index contributed by atoms with van der Waals surface area (Å²) in [5.41, 5.74) is 2.65. The highest BCUT2D eigenvalue weighted by Crippen LogP contribution is 2.24. The molecule has 0 bridgehead atoms. The van der Waals surface area contributed by atoms with Gasteiger partial charge >= 0.3 is 0 Å². The van der Waals surface area contributed by atoms with Gasteiger partial charge in [0.2, 0.25) is 0 Å². The lowest BCUT2D eigenvalue weighted by molar-refractivity contribution is 0.103. The third kappa shape index (κ3) is 4.98. The van der Waals surface area contributed by atoms with Crippen LogP contribution in [0.2, 0.25) is 10.0 Å². The molecule has 25 heavy (non-hydrogen) atoms. The number of benzene rings is 2. The van der Waals surface area contributed by atoms with E-state index in [1.807, 2.05) is 42.6 Å². The molecule has 0 spiro atoms. The van der Waals surface area contributed by atoms with E-state index in [2.05, 4.69) is 5.32 Å². The first kappa shape index (κ1) is 17.8. The lowest BCUT2D eigenvalue weighted by Crippen LogP contribution is -2.10. The highest BCUT2D eigenvalue weighted by Gasteiger charge is 2.11. The molecule has 1 aromatic heterocycles. The predicted octanol–water partition coefficient (Wildman–Crippen LogP) is 6.19. The van der Waals surface area contributed by atoms with E-state index in [0.29, 0.717) is 27.2 Å². The van der Waals surface area contributed by atoms with Gasteiger partial charge in [0.15, 0.2) is 0 Å². The second-order valence-corrected chi connectivity index (χ2v) is 7.32. The van der Waals surface area contributed by atoms with Gasteiger partial charge in [-0.1, -0.05) is 35.3 Å². The topological polar surface area (TPSA) is 38.3 Å². The zero-order valence-corrected chi connectivity index (χ0v) is 15.7. The second kappa shape index (κ2) is 7.91. The number of amides is 1. The van der Waals surface area contributed by atoms with Gasteiger partial charge < -0.3 is 10.1 Å². The molecule has 3 aromatic rings. The zero-order valence-electron chi connectivity index (χ0n) is 13.4. The van der Waals surface area contributed by atoms with E-state index in [1.165, 1.54) is 11.3 Å². The van der Waals surface area contributed by atoms with Crippen molar-refractivity contribution in [2.45, 2.75) is 13.5 Å². The number of carbonyl (C=O) groups is 1. The van der Waals surface area contributed by atoms with E-state index in [0.717, 1.165) is 16.9 Å². The van der Waals surface area contributed by atoms with Gasteiger partial charge in [0.1, 0.15) is 12.4 Å². The smallest absolute Gasteiger partial charge is 0.265 e. The first-order chi connectivity index (χ1) is 12.0. The standard InChI is InChI=1S/C19H15Cl2NO2S/c1-12-3-2-4-17(5-12)24-10-13-6-18(25-11-13)19(23)22-16-8-14(20)7-15(21)9-16/h2-9,11H,10H2,1H3,(H,22,23). The Balaban J connectivity index is 1.63. The molecule has 0 fully saturated rings. The van der Waals surface area contributed by atoms with Crippen molar-refractivity contribution in [1.29, 1.82) is 0 Å². The van der Waals surface area contributed by atoms with E-state index >= 15 is 0 Å². The van der Waals surface area contributed by atoms with Crippen molar-refractivity contribution >= 4 is 46.1 Å². The van der Waals surface area contributed by atoms with Crippen LogP contribution in [0.1, 0.15) is 20.8 Å². The molecular weight excluding hydrogens is 377 g/mol.